The predicted octanol–water partition coefficient (Wildman–Crippen LogP) is 3.82. The van der Waals surface area contributed by atoms with Gasteiger partial charge in [-0.05, 0) is 38.3 Å². The van der Waals surface area contributed by atoms with Crippen molar-refractivity contribution in [3.05, 3.63) is 47.0 Å². The van der Waals surface area contributed by atoms with Crippen LogP contribution in [0.5, 0.6) is 0 Å². The van der Waals surface area contributed by atoms with Crippen LogP contribution in [0.4, 0.5) is 5.13 Å². The van der Waals surface area contributed by atoms with Crippen LogP contribution < -0.4 is 4.90 Å². The van der Waals surface area contributed by atoms with Crippen LogP contribution in [0, 0.1) is 0 Å². The van der Waals surface area contributed by atoms with E-state index in [2.05, 4.69) is 4.98 Å². The van der Waals surface area contributed by atoms with Gasteiger partial charge in [-0.15, -0.1) is 11.3 Å². The third kappa shape index (κ3) is 4.98. The van der Waals surface area contributed by atoms with E-state index in [1.165, 1.54) is 11.3 Å². The molecule has 1 aliphatic carbocycles. The normalized spacial score (nSPS) is 17.1. The highest BCUT2D eigenvalue weighted by Crippen LogP contribution is 2.30. The van der Waals surface area contributed by atoms with Crippen LogP contribution in [0.15, 0.2) is 35.8 Å². The lowest BCUT2D eigenvalue weighted by molar-refractivity contribution is -0.154. The predicted molar refractivity (Wildman–Crippen MR) is 123 cm³/mol. The van der Waals surface area contributed by atoms with Crippen molar-refractivity contribution in [3.63, 3.8) is 0 Å². The number of esters is 1. The van der Waals surface area contributed by atoms with Crippen molar-refractivity contribution >= 4 is 40.2 Å². The molecule has 0 radical (unpaired) electrons. The molecule has 2 aromatic rings. The van der Waals surface area contributed by atoms with Crippen molar-refractivity contribution in [2.75, 3.05) is 11.4 Å². The van der Waals surface area contributed by atoms with Gasteiger partial charge in [0.1, 0.15) is 0 Å². The maximum atomic E-state index is 13.2. The molecular weight excluding hydrogens is 442 g/mol. The molecule has 1 aliphatic heterocycles. The Morgan fingerprint density at radius 1 is 1.15 bits per heavy atom. The van der Waals surface area contributed by atoms with Gasteiger partial charge < -0.3 is 4.74 Å². The van der Waals surface area contributed by atoms with Gasteiger partial charge in [0.2, 0.25) is 0 Å². The van der Waals surface area contributed by atoms with Crippen molar-refractivity contribution in [3.8, 4) is 0 Å². The van der Waals surface area contributed by atoms with E-state index in [0.29, 0.717) is 16.3 Å². The van der Waals surface area contributed by atoms with Crippen molar-refractivity contribution < 1.29 is 23.9 Å². The van der Waals surface area contributed by atoms with Crippen LogP contribution in [-0.2, 0) is 14.3 Å². The molecular formula is C24H27N3O5S. The molecule has 0 spiro atoms. The Bertz CT molecular complexity index is 997. The summed E-state index contributed by atoms with van der Waals surface area (Å²) < 4.78 is 5.42. The Hall–Kier alpha value is -3.07. The highest BCUT2D eigenvalue weighted by Gasteiger charge is 2.35. The fraction of sp³-hybridized carbons (Fsp3) is 0.458. The van der Waals surface area contributed by atoms with E-state index in [-0.39, 0.29) is 43.1 Å². The maximum absolute atomic E-state index is 13.2. The molecule has 1 aromatic heterocycles. The Balaban J connectivity index is 1.30. The quantitative estimate of drug-likeness (QED) is 0.431. The van der Waals surface area contributed by atoms with Crippen molar-refractivity contribution in [1.82, 2.24) is 9.88 Å². The van der Waals surface area contributed by atoms with Gasteiger partial charge in [-0.1, -0.05) is 31.4 Å². The number of benzene rings is 1. The number of nitrogens with zero attached hydrogens (tertiary/aromatic N) is 3. The summed E-state index contributed by atoms with van der Waals surface area (Å²) in [5.74, 6) is -1.50. The van der Waals surface area contributed by atoms with E-state index in [1.807, 2.05) is 5.38 Å². The van der Waals surface area contributed by atoms with E-state index in [4.69, 9.17) is 4.74 Å². The van der Waals surface area contributed by atoms with Crippen molar-refractivity contribution in [2.45, 2.75) is 64.0 Å². The largest absolute Gasteiger partial charge is 0.453 e. The van der Waals surface area contributed by atoms with Crippen molar-refractivity contribution in [2.24, 2.45) is 0 Å². The molecule has 1 fully saturated rings. The zero-order valence-corrected chi connectivity index (χ0v) is 19.4. The molecule has 2 aliphatic rings. The number of ether oxygens (including phenoxy) is 1. The first-order valence-corrected chi connectivity index (χ1v) is 12.2. The van der Waals surface area contributed by atoms with E-state index in [1.54, 1.807) is 42.3 Å². The lowest BCUT2D eigenvalue weighted by Crippen LogP contribution is -2.47. The molecule has 0 saturated heterocycles. The molecule has 3 amide bonds. The standard InChI is InChI=1S/C24H27N3O5S/c1-16(21(29)27(24-25-13-15-33-24)17-8-3-2-4-9-17)32-20(28)12-7-14-26-22(30)18-10-5-6-11-19(18)23(26)31/h5-6,10-11,13,15-17H,2-4,7-9,12,14H2,1H3/t16-/m0/s1. The van der Waals surface area contributed by atoms with Gasteiger partial charge in [-0.2, -0.15) is 0 Å². The molecule has 33 heavy (non-hydrogen) atoms. The van der Waals surface area contributed by atoms with Gasteiger partial charge in [0, 0.05) is 30.6 Å². The monoisotopic (exact) mass is 469 g/mol. The molecule has 0 bridgehead atoms. The second-order valence-corrected chi connectivity index (χ2v) is 9.23. The van der Waals surface area contributed by atoms with Crippen LogP contribution in [-0.4, -0.2) is 52.3 Å². The minimum Gasteiger partial charge on any atom is -0.453 e. The molecule has 9 heteroatoms. The highest BCUT2D eigenvalue weighted by molar-refractivity contribution is 7.13. The lowest BCUT2D eigenvalue weighted by atomic mass is 9.94. The topological polar surface area (TPSA) is 96.9 Å². The molecule has 2 heterocycles. The Labute approximate surface area is 196 Å². The molecule has 4 rings (SSSR count). The van der Waals surface area contributed by atoms with E-state index in [9.17, 15) is 19.2 Å². The number of imide groups is 1. The minimum atomic E-state index is -0.942. The van der Waals surface area contributed by atoms with Crippen LogP contribution in [0.3, 0.4) is 0 Å². The second kappa shape index (κ2) is 10.2. The smallest absolute Gasteiger partial charge is 0.306 e. The number of thiazole rings is 1. The van der Waals surface area contributed by atoms with Crippen LogP contribution >= 0.6 is 11.3 Å². The first-order valence-electron chi connectivity index (χ1n) is 11.3. The zero-order chi connectivity index (χ0) is 23.4. The summed E-state index contributed by atoms with van der Waals surface area (Å²) in [6.45, 7) is 1.70. The number of fused-ring (bicyclic) bond motifs is 1. The number of hydrogen-bond donors (Lipinski definition) is 0. The van der Waals surface area contributed by atoms with Crippen LogP contribution in [0.1, 0.15) is 72.6 Å². The fourth-order valence-electron chi connectivity index (χ4n) is 4.43. The summed E-state index contributed by atoms with van der Waals surface area (Å²) in [6, 6.07) is 6.74. The van der Waals surface area contributed by atoms with Crippen molar-refractivity contribution in [1.29, 1.82) is 0 Å². The Morgan fingerprint density at radius 3 is 2.42 bits per heavy atom. The first-order chi connectivity index (χ1) is 16.0. The molecule has 174 valence electrons. The average molecular weight is 470 g/mol. The van der Waals surface area contributed by atoms with E-state index >= 15 is 0 Å². The van der Waals surface area contributed by atoms with Gasteiger partial charge in [0.25, 0.3) is 17.7 Å². The number of rotatable bonds is 8. The molecule has 0 N–H and O–H groups in total. The van der Waals surface area contributed by atoms with Crippen LogP contribution in [0.25, 0.3) is 0 Å². The minimum absolute atomic E-state index is 0.00566. The van der Waals surface area contributed by atoms with E-state index < -0.39 is 12.1 Å². The van der Waals surface area contributed by atoms with Gasteiger partial charge in [0.15, 0.2) is 11.2 Å². The lowest BCUT2D eigenvalue weighted by Gasteiger charge is -2.33. The summed E-state index contributed by atoms with van der Waals surface area (Å²) in [6.07, 6.45) is 6.10. The summed E-state index contributed by atoms with van der Waals surface area (Å²) in [4.78, 5) is 57.6. The first kappa shape index (κ1) is 23.1. The fourth-order valence-corrected chi connectivity index (χ4v) is 5.15. The third-order valence-electron chi connectivity index (χ3n) is 6.10. The average Bonchev–Trinajstić information content (AvgIpc) is 3.43. The molecule has 1 saturated carbocycles. The number of carbonyl (C=O) groups excluding carboxylic acids is 4. The summed E-state index contributed by atoms with van der Waals surface area (Å²) >= 11 is 1.40. The van der Waals surface area contributed by atoms with Gasteiger partial charge >= 0.3 is 5.97 Å². The molecule has 1 atom stereocenters. The van der Waals surface area contributed by atoms with Gasteiger partial charge in [-0.25, -0.2) is 4.98 Å². The Kier molecular flexibility index (Phi) is 7.17. The second-order valence-electron chi connectivity index (χ2n) is 8.36. The van der Waals surface area contributed by atoms with Crippen LogP contribution in [0.2, 0.25) is 0 Å². The molecule has 8 nitrogen and oxygen atoms in total. The Morgan fingerprint density at radius 2 is 1.82 bits per heavy atom. The summed E-state index contributed by atoms with van der Waals surface area (Å²) in [5, 5.41) is 2.45. The van der Waals surface area contributed by atoms with Gasteiger partial charge in [0.05, 0.1) is 11.1 Å². The maximum Gasteiger partial charge on any atom is 0.306 e. The van der Waals surface area contributed by atoms with E-state index in [0.717, 1.165) is 37.0 Å². The third-order valence-corrected chi connectivity index (χ3v) is 6.87. The number of carbonyl (C=O) groups is 4. The number of hydrogen-bond acceptors (Lipinski definition) is 7. The molecule has 0 unspecified atom stereocenters. The highest BCUT2D eigenvalue weighted by atomic mass is 32.1. The molecule has 1 aromatic carbocycles. The summed E-state index contributed by atoms with van der Waals surface area (Å²) in [7, 11) is 0. The number of aromatic nitrogens is 1. The number of amides is 3. The zero-order valence-electron chi connectivity index (χ0n) is 18.6. The summed E-state index contributed by atoms with van der Waals surface area (Å²) in [5.41, 5.74) is 0.767. The number of anilines is 1. The SMILES string of the molecule is C[C@H](OC(=O)CCCN1C(=O)c2ccccc2C1=O)C(=O)N(c1nccs1)C1CCCCC1. The van der Waals surface area contributed by atoms with Gasteiger partial charge in [-0.3, -0.25) is 29.0 Å².